The van der Waals surface area contributed by atoms with Crippen LogP contribution < -0.4 is 11.1 Å². The Balaban J connectivity index is 1.45. The quantitative estimate of drug-likeness (QED) is 0.739. The smallest absolute Gasteiger partial charge is 0.234 e. The Hall–Kier alpha value is -2.34. The summed E-state index contributed by atoms with van der Waals surface area (Å²) in [5.41, 5.74) is 7.69. The molecule has 4 N–H and O–H groups in total. The van der Waals surface area contributed by atoms with Crippen molar-refractivity contribution >= 4 is 22.7 Å². The van der Waals surface area contributed by atoms with E-state index in [1.165, 1.54) is 10.9 Å². The molecule has 2 heterocycles. The Morgan fingerprint density at radius 2 is 2.17 bits per heavy atom. The SMILES string of the molecule is NC(=O)[C@@H]1CCCN(CC(=O)NCCc2c[nH]c3ccccc23)C1. The summed E-state index contributed by atoms with van der Waals surface area (Å²) in [7, 11) is 0. The average molecular weight is 328 g/mol. The maximum Gasteiger partial charge on any atom is 0.234 e. The van der Waals surface area contributed by atoms with Crippen molar-refractivity contribution in [3.8, 4) is 0 Å². The zero-order valence-corrected chi connectivity index (χ0v) is 13.8. The molecule has 2 aromatic rings. The molecule has 1 aliphatic rings. The highest BCUT2D eigenvalue weighted by Crippen LogP contribution is 2.18. The minimum Gasteiger partial charge on any atom is -0.369 e. The number of nitrogens with one attached hydrogen (secondary N) is 2. The molecular formula is C18H24N4O2. The Morgan fingerprint density at radius 3 is 3.00 bits per heavy atom. The number of hydrogen-bond donors (Lipinski definition) is 3. The molecule has 1 aromatic carbocycles. The largest absolute Gasteiger partial charge is 0.369 e. The summed E-state index contributed by atoms with van der Waals surface area (Å²) in [5.74, 6) is -0.392. The molecule has 24 heavy (non-hydrogen) atoms. The lowest BCUT2D eigenvalue weighted by Gasteiger charge is -2.30. The van der Waals surface area contributed by atoms with Gasteiger partial charge in [0.15, 0.2) is 0 Å². The zero-order chi connectivity index (χ0) is 16.9. The molecule has 0 bridgehead atoms. The van der Waals surface area contributed by atoms with Crippen LogP contribution in [-0.2, 0) is 16.0 Å². The summed E-state index contributed by atoms with van der Waals surface area (Å²) < 4.78 is 0. The van der Waals surface area contributed by atoms with Crippen molar-refractivity contribution in [3.63, 3.8) is 0 Å². The number of likely N-dealkylation sites (tertiary alicyclic amines) is 1. The molecule has 0 spiro atoms. The second kappa shape index (κ2) is 7.49. The van der Waals surface area contributed by atoms with Crippen molar-refractivity contribution in [2.45, 2.75) is 19.3 Å². The third kappa shape index (κ3) is 3.94. The molecular weight excluding hydrogens is 304 g/mol. The van der Waals surface area contributed by atoms with Crippen molar-refractivity contribution in [2.24, 2.45) is 11.7 Å². The molecule has 1 aliphatic heterocycles. The Labute approximate surface area is 141 Å². The number of carbonyl (C=O) groups is 2. The van der Waals surface area contributed by atoms with Crippen LogP contribution in [0.3, 0.4) is 0 Å². The van der Waals surface area contributed by atoms with E-state index in [-0.39, 0.29) is 17.7 Å². The fourth-order valence-corrected chi connectivity index (χ4v) is 3.37. The zero-order valence-electron chi connectivity index (χ0n) is 13.8. The van der Waals surface area contributed by atoms with Crippen LogP contribution in [-0.4, -0.2) is 47.9 Å². The standard InChI is InChI=1S/C18H24N4O2/c19-18(24)14-4-3-9-22(11-14)12-17(23)20-8-7-13-10-21-16-6-2-1-5-15(13)16/h1-2,5-6,10,14,21H,3-4,7-9,11-12H2,(H2,19,24)(H,20,23)/t14-/m1/s1. The van der Waals surface area contributed by atoms with E-state index >= 15 is 0 Å². The first-order valence-corrected chi connectivity index (χ1v) is 8.47. The molecule has 0 radical (unpaired) electrons. The maximum absolute atomic E-state index is 12.1. The van der Waals surface area contributed by atoms with E-state index in [2.05, 4.69) is 16.4 Å². The summed E-state index contributed by atoms with van der Waals surface area (Å²) in [4.78, 5) is 28.6. The lowest BCUT2D eigenvalue weighted by molar-refractivity contribution is -0.126. The fourth-order valence-electron chi connectivity index (χ4n) is 3.37. The summed E-state index contributed by atoms with van der Waals surface area (Å²) >= 11 is 0. The summed E-state index contributed by atoms with van der Waals surface area (Å²) in [6, 6.07) is 8.15. The normalized spacial score (nSPS) is 18.6. The van der Waals surface area contributed by atoms with Crippen LogP contribution >= 0.6 is 0 Å². The van der Waals surface area contributed by atoms with Crippen molar-refractivity contribution in [1.82, 2.24) is 15.2 Å². The number of H-pyrrole nitrogens is 1. The molecule has 6 heteroatoms. The third-order valence-corrected chi connectivity index (χ3v) is 4.67. The van der Waals surface area contributed by atoms with Gasteiger partial charge in [-0.05, 0) is 37.4 Å². The Bertz CT molecular complexity index is 725. The van der Waals surface area contributed by atoms with Crippen molar-refractivity contribution in [1.29, 1.82) is 0 Å². The molecule has 128 valence electrons. The number of nitrogens with two attached hydrogens (primary N) is 1. The molecule has 1 fully saturated rings. The van der Waals surface area contributed by atoms with E-state index in [0.29, 0.717) is 19.6 Å². The van der Waals surface area contributed by atoms with Gasteiger partial charge in [-0.1, -0.05) is 18.2 Å². The maximum atomic E-state index is 12.1. The van der Waals surface area contributed by atoms with Gasteiger partial charge in [0.25, 0.3) is 0 Å². The number of fused-ring (bicyclic) bond motifs is 1. The first-order chi connectivity index (χ1) is 11.6. The van der Waals surface area contributed by atoms with E-state index in [1.807, 2.05) is 29.3 Å². The number of aromatic amines is 1. The Kier molecular flexibility index (Phi) is 5.15. The van der Waals surface area contributed by atoms with Crippen LogP contribution in [0, 0.1) is 5.92 Å². The number of aromatic nitrogens is 1. The molecule has 0 aliphatic carbocycles. The number of carbonyl (C=O) groups excluding carboxylic acids is 2. The Morgan fingerprint density at radius 1 is 1.33 bits per heavy atom. The van der Waals surface area contributed by atoms with Gasteiger partial charge in [-0.2, -0.15) is 0 Å². The molecule has 6 nitrogen and oxygen atoms in total. The number of piperidine rings is 1. The molecule has 1 saturated heterocycles. The average Bonchev–Trinajstić information content (AvgIpc) is 2.98. The monoisotopic (exact) mass is 328 g/mol. The molecule has 0 unspecified atom stereocenters. The second-order valence-electron chi connectivity index (χ2n) is 6.44. The first-order valence-electron chi connectivity index (χ1n) is 8.47. The highest BCUT2D eigenvalue weighted by Gasteiger charge is 2.24. The third-order valence-electron chi connectivity index (χ3n) is 4.67. The lowest BCUT2D eigenvalue weighted by atomic mass is 9.97. The van der Waals surface area contributed by atoms with Gasteiger partial charge in [-0.15, -0.1) is 0 Å². The molecule has 1 atom stereocenters. The van der Waals surface area contributed by atoms with Gasteiger partial charge in [-0.25, -0.2) is 0 Å². The van der Waals surface area contributed by atoms with Crippen LogP contribution in [0.5, 0.6) is 0 Å². The number of benzene rings is 1. The number of amides is 2. The lowest BCUT2D eigenvalue weighted by Crippen LogP contribution is -2.45. The topological polar surface area (TPSA) is 91.2 Å². The number of hydrogen-bond acceptors (Lipinski definition) is 3. The predicted octanol–water partition coefficient (Wildman–Crippen LogP) is 1.02. The van der Waals surface area contributed by atoms with Gasteiger partial charge >= 0.3 is 0 Å². The van der Waals surface area contributed by atoms with E-state index in [9.17, 15) is 9.59 Å². The summed E-state index contributed by atoms with van der Waals surface area (Å²) in [5, 5.41) is 4.17. The van der Waals surface area contributed by atoms with Gasteiger partial charge in [0, 0.05) is 30.2 Å². The van der Waals surface area contributed by atoms with Crippen LogP contribution in [0.25, 0.3) is 10.9 Å². The number of rotatable bonds is 6. The number of nitrogens with zero attached hydrogens (tertiary/aromatic N) is 1. The summed E-state index contributed by atoms with van der Waals surface area (Å²) in [6.07, 6.45) is 4.53. The van der Waals surface area contributed by atoms with E-state index < -0.39 is 0 Å². The summed E-state index contributed by atoms with van der Waals surface area (Å²) in [6.45, 7) is 2.37. The molecule has 2 amide bonds. The van der Waals surface area contributed by atoms with Crippen LogP contribution in [0.4, 0.5) is 0 Å². The van der Waals surface area contributed by atoms with Gasteiger partial charge in [-0.3, -0.25) is 14.5 Å². The predicted molar refractivity (Wildman–Crippen MR) is 93.4 cm³/mol. The van der Waals surface area contributed by atoms with Crippen LogP contribution in [0.15, 0.2) is 30.5 Å². The van der Waals surface area contributed by atoms with Crippen LogP contribution in [0.2, 0.25) is 0 Å². The van der Waals surface area contributed by atoms with Gasteiger partial charge in [0.1, 0.15) is 0 Å². The van der Waals surface area contributed by atoms with Gasteiger partial charge < -0.3 is 16.0 Å². The fraction of sp³-hybridized carbons (Fsp3) is 0.444. The van der Waals surface area contributed by atoms with Gasteiger partial charge in [0.2, 0.25) is 11.8 Å². The van der Waals surface area contributed by atoms with Crippen molar-refractivity contribution in [3.05, 3.63) is 36.0 Å². The minimum absolute atomic E-state index is 0.0000355. The van der Waals surface area contributed by atoms with Gasteiger partial charge in [0.05, 0.1) is 12.5 Å². The van der Waals surface area contributed by atoms with E-state index in [0.717, 1.165) is 31.3 Å². The first kappa shape index (κ1) is 16.5. The number of primary amides is 1. The highest BCUT2D eigenvalue weighted by atomic mass is 16.2. The highest BCUT2D eigenvalue weighted by molar-refractivity contribution is 5.83. The molecule has 1 aromatic heterocycles. The number of para-hydroxylation sites is 1. The van der Waals surface area contributed by atoms with Crippen molar-refractivity contribution in [2.75, 3.05) is 26.2 Å². The van der Waals surface area contributed by atoms with E-state index in [1.54, 1.807) is 0 Å². The van der Waals surface area contributed by atoms with Crippen molar-refractivity contribution < 1.29 is 9.59 Å². The molecule has 3 rings (SSSR count). The minimum atomic E-state index is -0.264. The van der Waals surface area contributed by atoms with E-state index in [4.69, 9.17) is 5.73 Å². The van der Waals surface area contributed by atoms with Crippen LogP contribution in [0.1, 0.15) is 18.4 Å². The molecule has 0 saturated carbocycles. The second-order valence-corrected chi connectivity index (χ2v) is 6.44.